The van der Waals surface area contributed by atoms with Crippen LogP contribution < -0.4 is 15.8 Å². The van der Waals surface area contributed by atoms with Gasteiger partial charge in [0.1, 0.15) is 12.2 Å². The Balaban J connectivity index is 1.21. The molecule has 5 rings (SSSR count). The van der Waals surface area contributed by atoms with E-state index in [1.165, 1.54) is 0 Å². The number of para-hydroxylation sites is 1. The lowest BCUT2D eigenvalue weighted by molar-refractivity contribution is -0.134. The number of hydrogen-bond donors (Lipinski definition) is 1. The van der Waals surface area contributed by atoms with E-state index in [0.717, 1.165) is 50.3 Å². The molecule has 3 heterocycles. The molecule has 1 fully saturated rings. The van der Waals surface area contributed by atoms with Crippen LogP contribution in [0.2, 0.25) is 0 Å². The molecule has 0 aliphatic carbocycles. The first-order valence-corrected chi connectivity index (χ1v) is 12.0. The van der Waals surface area contributed by atoms with E-state index >= 15 is 0 Å². The number of amides is 2. The van der Waals surface area contributed by atoms with Crippen molar-refractivity contribution in [1.82, 2.24) is 14.5 Å². The molecule has 2 aromatic carbocycles. The number of piperazine rings is 1. The van der Waals surface area contributed by atoms with E-state index in [0.29, 0.717) is 36.2 Å². The van der Waals surface area contributed by atoms with Crippen LogP contribution in [0.5, 0.6) is 0 Å². The number of hydrogen-bond acceptors (Lipinski definition) is 5. The van der Waals surface area contributed by atoms with Gasteiger partial charge >= 0.3 is 0 Å². The number of nitrogens with zero attached hydrogens (tertiary/aromatic N) is 4. The van der Waals surface area contributed by atoms with Crippen molar-refractivity contribution in [1.29, 1.82) is 0 Å². The summed E-state index contributed by atoms with van der Waals surface area (Å²) in [5.74, 6) is 0.278. The fraction of sp³-hybridized carbons (Fsp3) is 0.385. The van der Waals surface area contributed by atoms with E-state index in [2.05, 4.69) is 27.3 Å². The van der Waals surface area contributed by atoms with Gasteiger partial charge in [0.25, 0.3) is 5.56 Å². The maximum Gasteiger partial charge on any atom is 0.261 e. The Labute approximate surface area is 198 Å². The van der Waals surface area contributed by atoms with Gasteiger partial charge in [0.05, 0.1) is 10.9 Å². The van der Waals surface area contributed by atoms with Gasteiger partial charge in [0, 0.05) is 50.5 Å². The van der Waals surface area contributed by atoms with Gasteiger partial charge in [-0.3, -0.25) is 19.0 Å². The molecule has 0 bridgehead atoms. The Hall–Kier alpha value is -3.68. The first kappa shape index (κ1) is 22.1. The summed E-state index contributed by atoms with van der Waals surface area (Å²) in [7, 11) is 0. The quantitative estimate of drug-likeness (QED) is 0.607. The van der Waals surface area contributed by atoms with Crippen LogP contribution in [-0.4, -0.2) is 52.4 Å². The molecular weight excluding hydrogens is 430 g/mol. The van der Waals surface area contributed by atoms with Crippen LogP contribution in [0.15, 0.2) is 53.3 Å². The van der Waals surface area contributed by atoms with E-state index in [9.17, 15) is 14.4 Å². The molecule has 1 N–H and O–H groups in total. The summed E-state index contributed by atoms with van der Waals surface area (Å²) in [6, 6.07) is 15.3. The molecule has 34 heavy (non-hydrogen) atoms. The number of carbonyl (C=O) groups is 2. The van der Waals surface area contributed by atoms with Crippen LogP contribution >= 0.6 is 0 Å². The first-order valence-electron chi connectivity index (χ1n) is 12.0. The van der Waals surface area contributed by atoms with Crippen LogP contribution in [0.1, 0.15) is 31.5 Å². The second-order valence-corrected chi connectivity index (χ2v) is 8.96. The van der Waals surface area contributed by atoms with Gasteiger partial charge in [0.2, 0.25) is 11.8 Å². The fourth-order valence-corrected chi connectivity index (χ4v) is 4.80. The van der Waals surface area contributed by atoms with Crippen molar-refractivity contribution in [2.75, 3.05) is 36.4 Å². The lowest BCUT2D eigenvalue weighted by Gasteiger charge is -2.36. The van der Waals surface area contributed by atoms with E-state index in [4.69, 9.17) is 0 Å². The van der Waals surface area contributed by atoms with Gasteiger partial charge in [-0.1, -0.05) is 24.6 Å². The second kappa shape index (κ2) is 9.67. The minimum absolute atomic E-state index is 0.0645. The Morgan fingerprint density at radius 3 is 2.50 bits per heavy atom. The minimum atomic E-state index is -0.377. The standard InChI is InChI=1S/C26H29N5O3/c32-24(18-25(33)30-15-13-29(14-16-30)20-7-3-1-4-8-20)27-19-10-11-22-21(17-19)26(34)31-12-6-2-5-9-23(31)28-22/h1,3-4,7-8,10-11,17H,2,5-6,9,12-16,18H2,(H,27,32). The number of aryl methyl sites for hydroxylation is 1. The number of fused-ring (bicyclic) bond motifs is 2. The molecule has 2 aliphatic rings. The van der Waals surface area contributed by atoms with Crippen LogP contribution in [-0.2, 0) is 22.6 Å². The molecule has 1 saturated heterocycles. The minimum Gasteiger partial charge on any atom is -0.368 e. The Morgan fingerprint density at radius 1 is 0.912 bits per heavy atom. The van der Waals surface area contributed by atoms with Gasteiger partial charge in [-0.25, -0.2) is 4.98 Å². The summed E-state index contributed by atoms with van der Waals surface area (Å²) in [6.45, 7) is 3.33. The first-order chi connectivity index (χ1) is 16.6. The number of rotatable bonds is 4. The summed E-state index contributed by atoms with van der Waals surface area (Å²) in [5, 5.41) is 3.28. The highest BCUT2D eigenvalue weighted by molar-refractivity contribution is 6.04. The Bertz CT molecular complexity index is 1260. The second-order valence-electron chi connectivity index (χ2n) is 8.96. The van der Waals surface area contributed by atoms with Crippen molar-refractivity contribution in [2.45, 2.75) is 38.6 Å². The maximum atomic E-state index is 13.0. The van der Waals surface area contributed by atoms with Gasteiger partial charge < -0.3 is 15.1 Å². The van der Waals surface area contributed by atoms with E-state index < -0.39 is 0 Å². The topological polar surface area (TPSA) is 87.5 Å². The van der Waals surface area contributed by atoms with Crippen molar-refractivity contribution >= 4 is 34.1 Å². The van der Waals surface area contributed by atoms with Crippen molar-refractivity contribution < 1.29 is 9.59 Å². The molecule has 3 aromatic rings. The molecule has 2 aliphatic heterocycles. The zero-order chi connectivity index (χ0) is 23.5. The highest BCUT2D eigenvalue weighted by atomic mass is 16.2. The highest BCUT2D eigenvalue weighted by Gasteiger charge is 2.23. The van der Waals surface area contributed by atoms with Crippen LogP contribution in [0.25, 0.3) is 10.9 Å². The van der Waals surface area contributed by atoms with Crippen molar-refractivity contribution in [3.05, 3.63) is 64.7 Å². The largest absolute Gasteiger partial charge is 0.368 e. The normalized spacial score (nSPS) is 16.1. The van der Waals surface area contributed by atoms with Crippen LogP contribution in [0, 0.1) is 0 Å². The van der Waals surface area contributed by atoms with Crippen molar-refractivity contribution in [3.8, 4) is 0 Å². The molecule has 0 radical (unpaired) electrons. The monoisotopic (exact) mass is 459 g/mol. The average molecular weight is 460 g/mol. The fourth-order valence-electron chi connectivity index (χ4n) is 4.80. The molecule has 176 valence electrons. The number of anilines is 2. The van der Waals surface area contributed by atoms with Crippen LogP contribution in [0.4, 0.5) is 11.4 Å². The zero-order valence-corrected chi connectivity index (χ0v) is 19.2. The molecule has 0 saturated carbocycles. The smallest absolute Gasteiger partial charge is 0.261 e. The van der Waals surface area contributed by atoms with Gasteiger partial charge in [-0.15, -0.1) is 0 Å². The molecule has 8 nitrogen and oxygen atoms in total. The SMILES string of the molecule is O=C(CC(=O)N1CCN(c2ccccc2)CC1)Nc1ccc2nc3n(c(=O)c2c1)CCCCC3. The van der Waals surface area contributed by atoms with E-state index in [1.54, 1.807) is 27.7 Å². The number of aromatic nitrogens is 2. The third kappa shape index (κ3) is 4.66. The molecular formula is C26H29N5O3. The number of nitrogens with one attached hydrogen (secondary N) is 1. The summed E-state index contributed by atoms with van der Waals surface area (Å²) >= 11 is 0. The van der Waals surface area contributed by atoms with Crippen molar-refractivity contribution in [2.24, 2.45) is 0 Å². The molecule has 1 aromatic heterocycles. The Morgan fingerprint density at radius 2 is 1.71 bits per heavy atom. The Kier molecular flexibility index (Phi) is 6.29. The third-order valence-corrected chi connectivity index (χ3v) is 6.66. The van der Waals surface area contributed by atoms with E-state index in [-0.39, 0.29) is 23.8 Å². The molecule has 0 atom stereocenters. The summed E-state index contributed by atoms with van der Waals surface area (Å²) in [6.07, 6.45) is 3.70. The lowest BCUT2D eigenvalue weighted by Crippen LogP contribution is -2.49. The summed E-state index contributed by atoms with van der Waals surface area (Å²) < 4.78 is 1.76. The molecule has 0 spiro atoms. The zero-order valence-electron chi connectivity index (χ0n) is 19.2. The number of carbonyl (C=O) groups excluding carboxylic acids is 2. The summed E-state index contributed by atoms with van der Waals surface area (Å²) in [4.78, 5) is 47.0. The predicted molar refractivity (Wildman–Crippen MR) is 132 cm³/mol. The third-order valence-electron chi connectivity index (χ3n) is 6.66. The van der Waals surface area contributed by atoms with E-state index in [1.807, 2.05) is 18.2 Å². The molecule has 2 amide bonds. The highest BCUT2D eigenvalue weighted by Crippen LogP contribution is 2.19. The predicted octanol–water partition coefficient (Wildman–Crippen LogP) is 2.80. The average Bonchev–Trinajstić information content (AvgIpc) is 3.11. The van der Waals surface area contributed by atoms with Gasteiger partial charge in [-0.2, -0.15) is 0 Å². The molecule has 8 heteroatoms. The molecule has 0 unspecified atom stereocenters. The maximum absolute atomic E-state index is 13.0. The van der Waals surface area contributed by atoms with Gasteiger partial charge in [-0.05, 0) is 43.2 Å². The van der Waals surface area contributed by atoms with Gasteiger partial charge in [0.15, 0.2) is 0 Å². The van der Waals surface area contributed by atoms with Crippen molar-refractivity contribution in [3.63, 3.8) is 0 Å². The lowest BCUT2D eigenvalue weighted by atomic mass is 10.2. The summed E-state index contributed by atoms with van der Waals surface area (Å²) in [5.41, 5.74) is 2.23. The number of benzene rings is 2. The van der Waals surface area contributed by atoms with Crippen LogP contribution in [0.3, 0.4) is 0 Å².